The van der Waals surface area contributed by atoms with E-state index in [0.29, 0.717) is 6.42 Å². The van der Waals surface area contributed by atoms with Gasteiger partial charge in [-0.1, -0.05) is 6.08 Å². The monoisotopic (exact) mass is 226 g/mol. The Morgan fingerprint density at radius 3 is 2.88 bits per heavy atom. The fourth-order valence-electron chi connectivity index (χ4n) is 1.13. The van der Waals surface area contributed by atoms with Crippen molar-refractivity contribution in [1.29, 1.82) is 0 Å². The molecule has 86 valence electrons. The third-order valence-corrected chi connectivity index (χ3v) is 1.81. The van der Waals surface area contributed by atoms with Gasteiger partial charge in [0.15, 0.2) is 0 Å². The number of nitro benzene ring substituents is 1. The summed E-state index contributed by atoms with van der Waals surface area (Å²) in [4.78, 5) is 9.78. The molecule has 0 aliphatic rings. The number of benzene rings is 1. The Balaban J connectivity index is 3.03. The van der Waals surface area contributed by atoms with E-state index in [9.17, 15) is 14.5 Å². The SMILES string of the molecule is C=CCCOc1cc(N)cc(F)c1[N+](=O)[O-]. The van der Waals surface area contributed by atoms with Gasteiger partial charge in [0.2, 0.25) is 11.6 Å². The van der Waals surface area contributed by atoms with E-state index >= 15 is 0 Å². The molecule has 1 aromatic carbocycles. The van der Waals surface area contributed by atoms with Crippen LogP contribution >= 0.6 is 0 Å². The second-order valence-corrected chi connectivity index (χ2v) is 3.03. The predicted octanol–water partition coefficient (Wildman–Crippen LogP) is 2.27. The molecule has 0 fully saturated rings. The summed E-state index contributed by atoms with van der Waals surface area (Å²) < 4.78 is 18.3. The molecule has 0 heterocycles. The largest absolute Gasteiger partial charge is 0.486 e. The summed E-state index contributed by atoms with van der Waals surface area (Å²) in [5.41, 5.74) is 4.75. The highest BCUT2D eigenvalue weighted by molar-refractivity contribution is 5.56. The average molecular weight is 226 g/mol. The van der Waals surface area contributed by atoms with Crippen LogP contribution in [0.15, 0.2) is 24.8 Å². The van der Waals surface area contributed by atoms with Gasteiger partial charge >= 0.3 is 5.69 Å². The molecule has 0 amide bonds. The standard InChI is InChI=1S/C10H11FN2O3/c1-2-3-4-16-9-6-7(12)5-8(11)10(9)13(14)15/h2,5-6H,1,3-4,12H2. The zero-order valence-corrected chi connectivity index (χ0v) is 8.48. The van der Waals surface area contributed by atoms with Gasteiger partial charge in [-0.2, -0.15) is 4.39 Å². The highest BCUT2D eigenvalue weighted by Gasteiger charge is 2.22. The van der Waals surface area contributed by atoms with Crippen LogP contribution in [0.1, 0.15) is 6.42 Å². The predicted molar refractivity (Wildman–Crippen MR) is 57.8 cm³/mol. The van der Waals surface area contributed by atoms with E-state index in [2.05, 4.69) is 6.58 Å². The van der Waals surface area contributed by atoms with Gasteiger partial charge in [0.25, 0.3) is 0 Å². The van der Waals surface area contributed by atoms with Crippen molar-refractivity contribution in [3.63, 3.8) is 0 Å². The lowest BCUT2D eigenvalue weighted by Crippen LogP contribution is -2.03. The Morgan fingerprint density at radius 1 is 1.62 bits per heavy atom. The van der Waals surface area contributed by atoms with E-state index in [1.54, 1.807) is 6.08 Å². The van der Waals surface area contributed by atoms with E-state index in [4.69, 9.17) is 10.5 Å². The molecule has 0 aliphatic carbocycles. The van der Waals surface area contributed by atoms with Crippen molar-refractivity contribution >= 4 is 11.4 Å². The van der Waals surface area contributed by atoms with Crippen molar-refractivity contribution in [1.82, 2.24) is 0 Å². The minimum atomic E-state index is -1.00. The molecule has 6 heteroatoms. The molecular weight excluding hydrogens is 215 g/mol. The summed E-state index contributed by atoms with van der Waals surface area (Å²) in [6.07, 6.45) is 2.10. The number of nitrogens with zero attached hydrogens (tertiary/aromatic N) is 1. The molecule has 0 radical (unpaired) electrons. The third-order valence-electron chi connectivity index (χ3n) is 1.81. The Kier molecular flexibility index (Phi) is 3.82. The first-order valence-electron chi connectivity index (χ1n) is 4.53. The average Bonchev–Trinajstić information content (AvgIpc) is 2.16. The number of hydrogen-bond donors (Lipinski definition) is 1. The molecule has 0 aliphatic heterocycles. The quantitative estimate of drug-likeness (QED) is 0.274. The first kappa shape index (κ1) is 12.0. The molecule has 1 rings (SSSR count). The summed E-state index contributed by atoms with van der Waals surface area (Å²) in [5.74, 6) is -1.16. The smallest absolute Gasteiger partial charge is 0.346 e. The number of nitro groups is 1. The Morgan fingerprint density at radius 2 is 2.31 bits per heavy atom. The first-order valence-corrected chi connectivity index (χ1v) is 4.53. The van der Waals surface area contributed by atoms with Crippen molar-refractivity contribution in [2.75, 3.05) is 12.3 Å². The van der Waals surface area contributed by atoms with Gasteiger partial charge < -0.3 is 10.5 Å². The van der Waals surface area contributed by atoms with Crippen molar-refractivity contribution in [3.05, 3.63) is 40.7 Å². The highest BCUT2D eigenvalue weighted by Crippen LogP contribution is 2.32. The van der Waals surface area contributed by atoms with Gasteiger partial charge in [0.1, 0.15) is 0 Å². The highest BCUT2D eigenvalue weighted by atomic mass is 19.1. The van der Waals surface area contributed by atoms with E-state index in [0.717, 1.165) is 6.07 Å². The molecule has 0 saturated carbocycles. The van der Waals surface area contributed by atoms with Crippen LogP contribution in [-0.4, -0.2) is 11.5 Å². The summed E-state index contributed by atoms with van der Waals surface area (Å²) >= 11 is 0. The lowest BCUT2D eigenvalue weighted by atomic mass is 10.2. The molecule has 0 saturated heterocycles. The van der Waals surface area contributed by atoms with E-state index < -0.39 is 16.4 Å². The molecule has 5 nitrogen and oxygen atoms in total. The number of ether oxygens (including phenoxy) is 1. The summed E-state index contributed by atoms with van der Waals surface area (Å²) in [5, 5.41) is 10.6. The van der Waals surface area contributed by atoms with Gasteiger partial charge in [-0.25, -0.2) is 0 Å². The van der Waals surface area contributed by atoms with Gasteiger partial charge in [-0.3, -0.25) is 10.1 Å². The van der Waals surface area contributed by atoms with E-state index in [1.807, 2.05) is 0 Å². The number of hydrogen-bond acceptors (Lipinski definition) is 4. The lowest BCUT2D eigenvalue weighted by Gasteiger charge is -2.06. The van der Waals surface area contributed by atoms with Crippen molar-refractivity contribution in [2.45, 2.75) is 6.42 Å². The molecule has 0 atom stereocenters. The van der Waals surface area contributed by atoms with Crippen LogP contribution in [0.4, 0.5) is 15.8 Å². The normalized spacial score (nSPS) is 9.81. The Hall–Kier alpha value is -2.11. The van der Waals surface area contributed by atoms with Gasteiger partial charge in [0.05, 0.1) is 11.5 Å². The summed E-state index contributed by atoms with van der Waals surface area (Å²) in [6, 6.07) is 2.11. The number of halogens is 1. The zero-order chi connectivity index (χ0) is 12.1. The maximum Gasteiger partial charge on any atom is 0.346 e. The molecule has 0 unspecified atom stereocenters. The van der Waals surface area contributed by atoms with E-state index in [-0.39, 0.29) is 18.0 Å². The second-order valence-electron chi connectivity index (χ2n) is 3.03. The minimum absolute atomic E-state index is 0.0803. The minimum Gasteiger partial charge on any atom is -0.486 e. The maximum absolute atomic E-state index is 13.2. The van der Waals surface area contributed by atoms with Crippen molar-refractivity contribution in [2.24, 2.45) is 0 Å². The first-order chi connectivity index (χ1) is 7.56. The molecular formula is C10H11FN2O3. The lowest BCUT2D eigenvalue weighted by molar-refractivity contribution is -0.388. The molecule has 0 spiro atoms. The second kappa shape index (κ2) is 5.11. The number of rotatable bonds is 5. The van der Waals surface area contributed by atoms with Crippen LogP contribution in [0.2, 0.25) is 0 Å². The van der Waals surface area contributed by atoms with Crippen LogP contribution < -0.4 is 10.5 Å². The maximum atomic E-state index is 13.2. The van der Waals surface area contributed by atoms with Crippen LogP contribution in [0.3, 0.4) is 0 Å². The summed E-state index contributed by atoms with van der Waals surface area (Å²) in [6.45, 7) is 3.66. The number of anilines is 1. The fourth-order valence-corrected chi connectivity index (χ4v) is 1.13. The zero-order valence-electron chi connectivity index (χ0n) is 8.48. The molecule has 16 heavy (non-hydrogen) atoms. The summed E-state index contributed by atoms with van der Waals surface area (Å²) in [7, 11) is 0. The Bertz CT molecular complexity index is 421. The van der Waals surface area contributed by atoms with Crippen molar-refractivity contribution < 1.29 is 14.1 Å². The number of nitrogen functional groups attached to an aromatic ring is 1. The molecule has 0 bridgehead atoms. The molecule has 0 aromatic heterocycles. The van der Waals surface area contributed by atoms with Crippen LogP contribution in [0.25, 0.3) is 0 Å². The fraction of sp³-hybridized carbons (Fsp3) is 0.200. The van der Waals surface area contributed by atoms with Crippen LogP contribution in [0, 0.1) is 15.9 Å². The van der Waals surface area contributed by atoms with Gasteiger partial charge in [-0.15, -0.1) is 6.58 Å². The topological polar surface area (TPSA) is 78.4 Å². The van der Waals surface area contributed by atoms with Gasteiger partial charge in [0, 0.05) is 17.8 Å². The van der Waals surface area contributed by atoms with Crippen molar-refractivity contribution in [3.8, 4) is 5.75 Å². The third kappa shape index (κ3) is 2.69. The van der Waals surface area contributed by atoms with Gasteiger partial charge in [-0.05, 0) is 6.42 Å². The van der Waals surface area contributed by atoms with Crippen LogP contribution in [-0.2, 0) is 0 Å². The van der Waals surface area contributed by atoms with E-state index in [1.165, 1.54) is 6.07 Å². The molecule has 2 N–H and O–H groups in total. The molecule has 1 aromatic rings. The number of nitrogens with two attached hydrogens (primary N) is 1. The Labute approximate surface area is 91.5 Å². The van der Waals surface area contributed by atoms with Crippen LogP contribution in [0.5, 0.6) is 5.75 Å².